The average Bonchev–Trinajstić information content (AvgIpc) is 3.02. The zero-order chi connectivity index (χ0) is 16.8. The molecule has 2 aromatic rings. The SMILES string of the molecule is Cc1ccc(NC(=O)NCC(O)c2ccco2)cc1OC(F)F. The second-order valence-electron chi connectivity index (χ2n) is 4.73. The molecule has 0 aliphatic carbocycles. The number of aliphatic hydroxyl groups is 1. The molecule has 3 N–H and O–H groups in total. The molecule has 6 nitrogen and oxygen atoms in total. The number of hydrogen-bond donors (Lipinski definition) is 3. The van der Waals surface area contributed by atoms with Gasteiger partial charge in [-0.05, 0) is 30.7 Å². The Morgan fingerprint density at radius 2 is 2.17 bits per heavy atom. The van der Waals surface area contributed by atoms with Crippen LogP contribution in [0.25, 0.3) is 0 Å². The third-order valence-corrected chi connectivity index (χ3v) is 2.99. The molecule has 8 heteroatoms. The Kier molecular flexibility index (Phi) is 5.53. The van der Waals surface area contributed by atoms with Gasteiger partial charge in [-0.25, -0.2) is 4.79 Å². The fourth-order valence-electron chi connectivity index (χ4n) is 1.85. The van der Waals surface area contributed by atoms with Crippen molar-refractivity contribution in [1.29, 1.82) is 0 Å². The molecule has 0 aliphatic rings. The smallest absolute Gasteiger partial charge is 0.387 e. The number of hydrogen-bond acceptors (Lipinski definition) is 4. The highest BCUT2D eigenvalue weighted by molar-refractivity contribution is 5.89. The van der Waals surface area contributed by atoms with Gasteiger partial charge in [0.1, 0.15) is 17.6 Å². The predicted molar refractivity (Wildman–Crippen MR) is 78.5 cm³/mol. The number of benzene rings is 1. The van der Waals surface area contributed by atoms with Crippen LogP contribution in [0.1, 0.15) is 17.4 Å². The van der Waals surface area contributed by atoms with E-state index in [-0.39, 0.29) is 18.0 Å². The van der Waals surface area contributed by atoms with Crippen molar-refractivity contribution < 1.29 is 27.8 Å². The summed E-state index contributed by atoms with van der Waals surface area (Å²) in [5, 5.41) is 14.7. The van der Waals surface area contributed by atoms with Gasteiger partial charge in [0.25, 0.3) is 0 Å². The highest BCUT2D eigenvalue weighted by Crippen LogP contribution is 2.24. The molecule has 2 rings (SSSR count). The average molecular weight is 326 g/mol. The van der Waals surface area contributed by atoms with Gasteiger partial charge >= 0.3 is 12.6 Å². The van der Waals surface area contributed by atoms with Gasteiger partial charge in [-0.1, -0.05) is 6.07 Å². The van der Waals surface area contributed by atoms with Crippen LogP contribution in [-0.4, -0.2) is 24.3 Å². The van der Waals surface area contributed by atoms with Gasteiger partial charge in [-0.2, -0.15) is 8.78 Å². The fraction of sp³-hybridized carbons (Fsp3) is 0.267. The first kappa shape index (κ1) is 16.8. The third-order valence-electron chi connectivity index (χ3n) is 2.99. The second-order valence-corrected chi connectivity index (χ2v) is 4.73. The number of rotatable bonds is 6. The van der Waals surface area contributed by atoms with E-state index in [2.05, 4.69) is 15.4 Å². The minimum absolute atomic E-state index is 0.0200. The maximum Gasteiger partial charge on any atom is 0.387 e. The molecule has 1 unspecified atom stereocenters. The molecule has 0 saturated heterocycles. The summed E-state index contributed by atoms with van der Waals surface area (Å²) in [6, 6.07) is 7.00. The van der Waals surface area contributed by atoms with Crippen molar-refractivity contribution in [3.63, 3.8) is 0 Å². The zero-order valence-electron chi connectivity index (χ0n) is 12.3. The first-order chi connectivity index (χ1) is 11.0. The van der Waals surface area contributed by atoms with Crippen LogP contribution in [0.15, 0.2) is 41.0 Å². The Balaban J connectivity index is 1.90. The largest absolute Gasteiger partial charge is 0.467 e. The van der Waals surface area contributed by atoms with Crippen LogP contribution < -0.4 is 15.4 Å². The number of ether oxygens (including phenoxy) is 1. The molecule has 124 valence electrons. The van der Waals surface area contributed by atoms with Gasteiger partial charge in [0.15, 0.2) is 0 Å². The number of amides is 2. The fourth-order valence-corrected chi connectivity index (χ4v) is 1.85. The zero-order valence-corrected chi connectivity index (χ0v) is 12.3. The maximum absolute atomic E-state index is 12.3. The molecular weight excluding hydrogens is 310 g/mol. The van der Waals surface area contributed by atoms with Gasteiger partial charge in [-0.15, -0.1) is 0 Å². The van der Waals surface area contributed by atoms with Gasteiger partial charge in [-0.3, -0.25) is 0 Å². The lowest BCUT2D eigenvalue weighted by Crippen LogP contribution is -2.32. The van der Waals surface area contributed by atoms with Gasteiger partial charge < -0.3 is 24.9 Å². The normalized spacial score (nSPS) is 12.0. The summed E-state index contributed by atoms with van der Waals surface area (Å²) in [7, 11) is 0. The number of anilines is 1. The molecule has 0 spiro atoms. The van der Waals surface area contributed by atoms with Gasteiger partial charge in [0.2, 0.25) is 0 Å². The van der Waals surface area contributed by atoms with E-state index in [4.69, 9.17) is 4.42 Å². The Labute approximate surface area is 131 Å². The number of carbonyl (C=O) groups excluding carboxylic acids is 1. The van der Waals surface area contributed by atoms with Crippen LogP contribution in [0.2, 0.25) is 0 Å². The molecule has 0 fully saturated rings. The van der Waals surface area contributed by atoms with Crippen LogP contribution >= 0.6 is 0 Å². The van der Waals surface area contributed by atoms with Crippen LogP contribution in [-0.2, 0) is 0 Å². The lowest BCUT2D eigenvalue weighted by molar-refractivity contribution is -0.0502. The summed E-state index contributed by atoms with van der Waals surface area (Å²) in [5.74, 6) is 0.307. The summed E-state index contributed by atoms with van der Waals surface area (Å²) in [6.45, 7) is -1.39. The molecule has 1 heterocycles. The molecule has 0 aliphatic heterocycles. The Morgan fingerprint density at radius 3 is 2.83 bits per heavy atom. The number of aliphatic hydroxyl groups excluding tert-OH is 1. The van der Waals surface area contributed by atoms with Crippen LogP contribution in [0.4, 0.5) is 19.3 Å². The van der Waals surface area contributed by atoms with E-state index >= 15 is 0 Å². The minimum Gasteiger partial charge on any atom is -0.467 e. The molecule has 1 aromatic heterocycles. The molecule has 2 amide bonds. The summed E-state index contributed by atoms with van der Waals surface area (Å²) in [4.78, 5) is 11.8. The van der Waals surface area contributed by atoms with Gasteiger partial charge in [0, 0.05) is 11.8 Å². The first-order valence-electron chi connectivity index (χ1n) is 6.77. The number of halogens is 2. The summed E-state index contributed by atoms with van der Waals surface area (Å²) >= 11 is 0. The van der Waals surface area contributed by atoms with E-state index < -0.39 is 18.7 Å². The van der Waals surface area contributed by atoms with E-state index in [1.165, 1.54) is 12.3 Å². The lowest BCUT2D eigenvalue weighted by atomic mass is 10.2. The number of furan rings is 1. The van der Waals surface area contributed by atoms with Crippen LogP contribution in [0, 0.1) is 6.92 Å². The molecule has 1 aromatic carbocycles. The highest BCUT2D eigenvalue weighted by Gasteiger charge is 2.13. The van der Waals surface area contributed by atoms with E-state index in [0.29, 0.717) is 11.3 Å². The van der Waals surface area contributed by atoms with Crippen molar-refractivity contribution in [3.05, 3.63) is 47.9 Å². The quantitative estimate of drug-likeness (QED) is 0.762. The minimum atomic E-state index is -2.94. The summed E-state index contributed by atoms with van der Waals surface area (Å²) in [5.41, 5.74) is 0.806. The second kappa shape index (κ2) is 7.59. The van der Waals surface area contributed by atoms with Crippen molar-refractivity contribution >= 4 is 11.7 Å². The predicted octanol–water partition coefficient (Wildman–Crippen LogP) is 3.04. The summed E-state index contributed by atoms with van der Waals surface area (Å²) < 4.78 is 33.9. The number of aryl methyl sites for hydroxylation is 1. The number of carbonyl (C=O) groups is 1. The van der Waals surface area contributed by atoms with E-state index in [0.717, 1.165) is 0 Å². The van der Waals surface area contributed by atoms with Crippen LogP contribution in [0.5, 0.6) is 5.75 Å². The Bertz CT molecular complexity index is 647. The van der Waals surface area contributed by atoms with Crippen LogP contribution in [0.3, 0.4) is 0 Å². The highest BCUT2D eigenvalue weighted by atomic mass is 19.3. The lowest BCUT2D eigenvalue weighted by Gasteiger charge is -2.13. The number of nitrogens with one attached hydrogen (secondary N) is 2. The van der Waals surface area contributed by atoms with E-state index in [1.54, 1.807) is 31.2 Å². The Hall–Kier alpha value is -2.61. The topological polar surface area (TPSA) is 83.7 Å². The molecule has 0 radical (unpaired) electrons. The van der Waals surface area contributed by atoms with Crippen molar-refractivity contribution in [2.45, 2.75) is 19.6 Å². The van der Waals surface area contributed by atoms with Crippen molar-refractivity contribution in [2.24, 2.45) is 0 Å². The Morgan fingerprint density at radius 1 is 1.39 bits per heavy atom. The molecule has 1 atom stereocenters. The van der Waals surface area contributed by atoms with Gasteiger partial charge in [0.05, 0.1) is 12.8 Å². The maximum atomic E-state index is 12.3. The molecular formula is C15H16F2N2O4. The standard InChI is InChI=1S/C15H16F2N2O4/c1-9-4-5-10(7-13(9)23-14(16)17)19-15(21)18-8-11(20)12-3-2-6-22-12/h2-7,11,14,20H,8H2,1H3,(H2,18,19,21). The molecule has 0 saturated carbocycles. The van der Waals surface area contributed by atoms with Crippen molar-refractivity contribution in [2.75, 3.05) is 11.9 Å². The molecule has 23 heavy (non-hydrogen) atoms. The molecule has 0 bridgehead atoms. The monoisotopic (exact) mass is 326 g/mol. The number of urea groups is 1. The van der Waals surface area contributed by atoms with Crippen molar-refractivity contribution in [1.82, 2.24) is 5.32 Å². The van der Waals surface area contributed by atoms with Crippen molar-refractivity contribution in [3.8, 4) is 5.75 Å². The van der Waals surface area contributed by atoms with E-state index in [1.807, 2.05) is 0 Å². The summed E-state index contributed by atoms with van der Waals surface area (Å²) in [6.07, 6.45) is 0.432. The third kappa shape index (κ3) is 4.96. The first-order valence-corrected chi connectivity index (χ1v) is 6.77. The number of alkyl halides is 2. The van der Waals surface area contributed by atoms with E-state index in [9.17, 15) is 18.7 Å².